The number of rotatable bonds is 4. The number of aromatic nitrogens is 1. The van der Waals surface area contributed by atoms with Crippen LogP contribution < -0.4 is 0 Å². The molecule has 2 aromatic carbocycles. The van der Waals surface area contributed by atoms with Crippen molar-refractivity contribution in [2.24, 2.45) is 7.05 Å². The van der Waals surface area contributed by atoms with Crippen molar-refractivity contribution in [3.05, 3.63) is 68.3 Å². The maximum absolute atomic E-state index is 13.9. The minimum Gasteiger partial charge on any atom is -0.378 e. The number of carbonyl (C=O) groups excluding carboxylic acids is 1. The molecule has 4 nitrogen and oxygen atoms in total. The van der Waals surface area contributed by atoms with Crippen molar-refractivity contribution in [2.75, 3.05) is 26.3 Å². The zero-order chi connectivity index (χ0) is 22.3. The first kappa shape index (κ1) is 22.1. The zero-order valence-electron chi connectivity index (χ0n) is 17.8. The fourth-order valence-electron chi connectivity index (χ4n) is 4.13. The summed E-state index contributed by atoms with van der Waals surface area (Å²) in [5.74, 6) is -0.110. The number of alkyl halides is 1. The second kappa shape index (κ2) is 8.81. The van der Waals surface area contributed by atoms with E-state index < -0.39 is 6.17 Å². The third-order valence-electron chi connectivity index (χ3n) is 6.02. The first-order valence-electron chi connectivity index (χ1n) is 10.3. The van der Waals surface area contributed by atoms with Gasteiger partial charge in [-0.25, -0.2) is 4.39 Å². The number of nitrogens with zero attached hydrogens (tertiary/aromatic N) is 2. The molecule has 4 rings (SSSR count). The Labute approximate surface area is 191 Å². The Hall–Kier alpha value is -2.08. The highest BCUT2D eigenvalue weighted by Crippen LogP contribution is 2.34. The molecule has 1 atom stereocenters. The first-order chi connectivity index (χ1) is 14.8. The van der Waals surface area contributed by atoms with Gasteiger partial charge in [0.1, 0.15) is 6.17 Å². The molecule has 1 amide bonds. The number of carbonyl (C=O) groups is 1. The maximum Gasteiger partial charge on any atom is 0.255 e. The molecule has 7 heteroatoms. The summed E-state index contributed by atoms with van der Waals surface area (Å²) in [4.78, 5) is 14.7. The monoisotopic (exact) mass is 462 g/mol. The second-order valence-corrected chi connectivity index (χ2v) is 8.84. The fourth-order valence-corrected chi connectivity index (χ4v) is 4.72. The lowest BCUT2D eigenvalue weighted by Gasteiger charge is -2.27. The quantitative estimate of drug-likeness (QED) is 0.484. The number of hydrogen-bond acceptors (Lipinski definition) is 2. The summed E-state index contributed by atoms with van der Waals surface area (Å²) in [7, 11) is 1.95. The number of amides is 1. The van der Waals surface area contributed by atoms with E-state index in [9.17, 15) is 9.18 Å². The van der Waals surface area contributed by atoms with Gasteiger partial charge in [-0.3, -0.25) is 4.79 Å². The van der Waals surface area contributed by atoms with Crippen molar-refractivity contribution in [1.82, 2.24) is 9.47 Å². The van der Waals surface area contributed by atoms with E-state index in [1.807, 2.05) is 30.7 Å². The lowest BCUT2D eigenvalue weighted by atomic mass is 10.0. The van der Waals surface area contributed by atoms with Gasteiger partial charge in [-0.15, -0.1) is 0 Å². The normalized spacial score (nSPS) is 15.5. The van der Waals surface area contributed by atoms with Crippen molar-refractivity contribution in [3.63, 3.8) is 0 Å². The van der Waals surface area contributed by atoms with Crippen molar-refractivity contribution in [1.29, 1.82) is 0 Å². The van der Waals surface area contributed by atoms with Crippen LogP contribution in [-0.2, 0) is 18.2 Å². The minimum atomic E-state index is -1.03. The summed E-state index contributed by atoms with van der Waals surface area (Å²) in [6, 6.07) is 9.27. The van der Waals surface area contributed by atoms with Gasteiger partial charge in [-0.05, 0) is 54.8 Å². The average Bonchev–Trinajstić information content (AvgIpc) is 3.07. The Morgan fingerprint density at radius 2 is 1.90 bits per heavy atom. The number of hydrogen-bond donors (Lipinski definition) is 0. The number of ether oxygens (including phenoxy) is 1. The first-order valence-corrected chi connectivity index (χ1v) is 11.1. The summed E-state index contributed by atoms with van der Waals surface area (Å²) in [6.07, 6.45) is -0.569. The van der Waals surface area contributed by atoms with E-state index in [2.05, 4.69) is 6.07 Å². The van der Waals surface area contributed by atoms with Crippen LogP contribution in [0.1, 0.15) is 45.8 Å². The van der Waals surface area contributed by atoms with E-state index >= 15 is 0 Å². The molecular weight excluding hydrogens is 438 g/mol. The van der Waals surface area contributed by atoms with Gasteiger partial charge in [0.05, 0.1) is 23.8 Å². The highest BCUT2D eigenvalue weighted by atomic mass is 35.5. The molecule has 3 aromatic rings. The highest BCUT2D eigenvalue weighted by molar-refractivity contribution is 6.38. The van der Waals surface area contributed by atoms with E-state index in [4.69, 9.17) is 27.9 Å². The van der Waals surface area contributed by atoms with Crippen molar-refractivity contribution in [2.45, 2.75) is 26.4 Å². The molecule has 2 heterocycles. The van der Waals surface area contributed by atoms with Gasteiger partial charge in [-0.1, -0.05) is 29.3 Å². The molecular formula is C24H25Cl2FN2O2. The van der Waals surface area contributed by atoms with E-state index in [-0.39, 0.29) is 5.91 Å². The largest absolute Gasteiger partial charge is 0.378 e. The summed E-state index contributed by atoms with van der Waals surface area (Å²) >= 11 is 13.2. The van der Waals surface area contributed by atoms with Gasteiger partial charge < -0.3 is 14.2 Å². The third-order valence-corrected chi connectivity index (χ3v) is 6.81. The van der Waals surface area contributed by atoms with Crippen molar-refractivity contribution in [3.8, 4) is 0 Å². The maximum atomic E-state index is 13.9. The van der Waals surface area contributed by atoms with E-state index in [1.165, 1.54) is 0 Å². The van der Waals surface area contributed by atoms with Crippen LogP contribution in [0.3, 0.4) is 0 Å². The van der Waals surface area contributed by atoms with Crippen LogP contribution in [-0.4, -0.2) is 41.7 Å². The molecule has 0 spiro atoms. The van der Waals surface area contributed by atoms with E-state index in [0.29, 0.717) is 59.5 Å². The molecule has 1 unspecified atom stereocenters. The molecule has 0 radical (unpaired) electrons. The Kier molecular flexibility index (Phi) is 6.29. The lowest BCUT2D eigenvalue weighted by molar-refractivity contribution is 0.0303. The summed E-state index contributed by atoms with van der Waals surface area (Å²) in [6.45, 7) is 5.67. The van der Waals surface area contributed by atoms with Crippen LogP contribution in [0.5, 0.6) is 0 Å². The molecule has 1 saturated heterocycles. The second-order valence-electron chi connectivity index (χ2n) is 8.05. The lowest BCUT2D eigenvalue weighted by Crippen LogP contribution is -2.40. The van der Waals surface area contributed by atoms with Gasteiger partial charge in [0.2, 0.25) is 0 Å². The average molecular weight is 463 g/mol. The molecule has 0 N–H and O–H groups in total. The number of morpholine rings is 1. The zero-order valence-corrected chi connectivity index (χ0v) is 19.4. The number of fused-ring (bicyclic) bond motifs is 1. The van der Waals surface area contributed by atoms with E-state index in [1.54, 1.807) is 24.0 Å². The standard InChI is InChI=1S/C24H25Cl2FN2O2/c1-14-10-16(15(2)27)11-22-19(14)12-17(28(22)3)13-20-21(25)5-4-18(23(20)26)24(30)29-6-8-31-9-7-29/h4-5,10-12,15H,6-9,13H2,1-3H3. The molecule has 0 bridgehead atoms. The molecule has 0 aliphatic carbocycles. The van der Waals surface area contributed by atoms with Gasteiger partial charge in [0.15, 0.2) is 0 Å². The van der Waals surface area contributed by atoms with Crippen molar-refractivity contribution < 1.29 is 13.9 Å². The predicted octanol–water partition coefficient (Wildman–Crippen LogP) is 5.89. The van der Waals surface area contributed by atoms with E-state index in [0.717, 1.165) is 22.2 Å². The topological polar surface area (TPSA) is 34.5 Å². The van der Waals surface area contributed by atoms with Crippen LogP contribution in [0.4, 0.5) is 4.39 Å². The van der Waals surface area contributed by atoms with Crippen LogP contribution in [0.2, 0.25) is 10.0 Å². The minimum absolute atomic E-state index is 0.110. The van der Waals surface area contributed by atoms with Gasteiger partial charge in [-0.2, -0.15) is 0 Å². The van der Waals surface area contributed by atoms with Crippen LogP contribution in [0, 0.1) is 6.92 Å². The fraction of sp³-hybridized carbons (Fsp3) is 0.375. The molecule has 1 aliphatic heterocycles. The smallest absolute Gasteiger partial charge is 0.255 e. The van der Waals surface area contributed by atoms with Gasteiger partial charge in [0, 0.05) is 48.2 Å². The molecule has 1 aliphatic rings. The van der Waals surface area contributed by atoms with Crippen LogP contribution >= 0.6 is 23.2 Å². The summed E-state index contributed by atoms with van der Waals surface area (Å²) < 4.78 is 21.3. The molecule has 0 saturated carbocycles. The predicted molar refractivity (Wildman–Crippen MR) is 123 cm³/mol. The Bertz CT molecular complexity index is 1150. The van der Waals surface area contributed by atoms with Gasteiger partial charge in [0.25, 0.3) is 5.91 Å². The SMILES string of the molecule is Cc1cc(C(C)F)cc2c1cc(Cc1c(Cl)ccc(C(=O)N3CCOCC3)c1Cl)n2C. The van der Waals surface area contributed by atoms with Crippen molar-refractivity contribution >= 4 is 40.0 Å². The Morgan fingerprint density at radius 3 is 2.58 bits per heavy atom. The molecule has 164 valence electrons. The molecule has 1 aromatic heterocycles. The highest BCUT2D eigenvalue weighted by Gasteiger charge is 2.24. The van der Waals surface area contributed by atoms with Crippen LogP contribution in [0.15, 0.2) is 30.3 Å². The van der Waals surface area contributed by atoms with Gasteiger partial charge >= 0.3 is 0 Å². The number of halogens is 3. The number of benzene rings is 2. The summed E-state index contributed by atoms with van der Waals surface area (Å²) in [5, 5.41) is 1.96. The summed E-state index contributed by atoms with van der Waals surface area (Å²) in [5.41, 5.74) is 4.79. The number of aryl methyl sites for hydroxylation is 2. The van der Waals surface area contributed by atoms with Crippen LogP contribution in [0.25, 0.3) is 10.9 Å². The molecule has 31 heavy (non-hydrogen) atoms. The Morgan fingerprint density at radius 1 is 1.19 bits per heavy atom. The Balaban J connectivity index is 1.72. The molecule has 1 fully saturated rings. The third kappa shape index (κ3) is 4.19.